The van der Waals surface area contributed by atoms with Gasteiger partial charge in [0.2, 0.25) is 0 Å². The van der Waals surface area contributed by atoms with E-state index in [9.17, 15) is 4.79 Å². The first-order chi connectivity index (χ1) is 9.33. The predicted molar refractivity (Wildman–Crippen MR) is 85.2 cm³/mol. The summed E-state index contributed by atoms with van der Waals surface area (Å²) in [5, 5.41) is 2.84. The van der Waals surface area contributed by atoms with Gasteiger partial charge >= 0.3 is 0 Å². The standard InChI is InChI=1S/C16H27N3O/c1-5-6-11-19(4)14-9-7-13(8-10-14)15(20)18-12-16(2,3)17/h7-10H,5-6,11-12,17H2,1-4H3,(H,18,20). The van der Waals surface area contributed by atoms with E-state index in [-0.39, 0.29) is 5.91 Å². The van der Waals surface area contributed by atoms with Gasteiger partial charge in [0, 0.05) is 36.9 Å². The lowest BCUT2D eigenvalue weighted by Gasteiger charge is -2.20. The highest BCUT2D eigenvalue weighted by Gasteiger charge is 2.13. The molecule has 0 spiro atoms. The molecule has 0 bridgehead atoms. The maximum Gasteiger partial charge on any atom is 0.251 e. The Balaban J connectivity index is 2.59. The molecule has 0 heterocycles. The number of anilines is 1. The van der Waals surface area contributed by atoms with Crippen LogP contribution < -0.4 is 16.0 Å². The lowest BCUT2D eigenvalue weighted by Crippen LogP contribution is -2.45. The summed E-state index contributed by atoms with van der Waals surface area (Å²) in [6.07, 6.45) is 2.35. The SMILES string of the molecule is CCCCN(C)c1ccc(C(=O)NCC(C)(C)N)cc1. The van der Waals surface area contributed by atoms with Crippen molar-refractivity contribution in [2.45, 2.75) is 39.2 Å². The quantitative estimate of drug-likeness (QED) is 0.804. The van der Waals surface area contributed by atoms with Crippen LogP contribution in [0.3, 0.4) is 0 Å². The van der Waals surface area contributed by atoms with Crippen molar-refractivity contribution in [1.29, 1.82) is 0 Å². The van der Waals surface area contributed by atoms with E-state index in [1.54, 1.807) is 0 Å². The molecule has 20 heavy (non-hydrogen) atoms. The minimum absolute atomic E-state index is 0.0775. The van der Waals surface area contributed by atoms with Crippen LogP contribution >= 0.6 is 0 Å². The van der Waals surface area contributed by atoms with Crippen LogP contribution in [0.4, 0.5) is 5.69 Å². The van der Waals surface area contributed by atoms with Crippen LogP contribution in [0.15, 0.2) is 24.3 Å². The summed E-state index contributed by atoms with van der Waals surface area (Å²) in [5.74, 6) is -0.0775. The van der Waals surface area contributed by atoms with Gasteiger partial charge in [-0.15, -0.1) is 0 Å². The molecule has 4 nitrogen and oxygen atoms in total. The minimum atomic E-state index is -0.393. The van der Waals surface area contributed by atoms with Gasteiger partial charge < -0.3 is 16.0 Å². The van der Waals surface area contributed by atoms with Gasteiger partial charge in [0.25, 0.3) is 5.91 Å². The Labute approximate surface area is 122 Å². The van der Waals surface area contributed by atoms with Crippen LogP contribution in [0.5, 0.6) is 0 Å². The molecule has 1 aromatic carbocycles. The molecule has 0 radical (unpaired) electrons. The first kappa shape index (κ1) is 16.5. The van der Waals surface area contributed by atoms with Crippen LogP contribution in [0, 0.1) is 0 Å². The van der Waals surface area contributed by atoms with Crippen molar-refractivity contribution in [2.24, 2.45) is 5.73 Å². The normalized spacial score (nSPS) is 11.2. The first-order valence-electron chi connectivity index (χ1n) is 7.22. The largest absolute Gasteiger partial charge is 0.375 e. The molecule has 0 fully saturated rings. The fourth-order valence-electron chi connectivity index (χ4n) is 1.80. The molecule has 112 valence electrons. The molecule has 0 aliphatic rings. The molecule has 0 unspecified atom stereocenters. The van der Waals surface area contributed by atoms with Gasteiger partial charge in [-0.1, -0.05) is 13.3 Å². The van der Waals surface area contributed by atoms with Crippen molar-refractivity contribution in [2.75, 3.05) is 25.0 Å². The lowest BCUT2D eigenvalue weighted by molar-refractivity contribution is 0.0946. The van der Waals surface area contributed by atoms with Crippen molar-refractivity contribution >= 4 is 11.6 Å². The highest BCUT2D eigenvalue weighted by Crippen LogP contribution is 2.14. The molecular formula is C16H27N3O. The second-order valence-electron chi connectivity index (χ2n) is 5.99. The molecule has 3 N–H and O–H groups in total. The topological polar surface area (TPSA) is 58.4 Å². The van der Waals surface area contributed by atoms with Crippen LogP contribution in [-0.4, -0.2) is 31.6 Å². The van der Waals surface area contributed by atoms with E-state index in [1.165, 1.54) is 12.8 Å². The minimum Gasteiger partial charge on any atom is -0.375 e. The van der Waals surface area contributed by atoms with Crippen molar-refractivity contribution in [3.63, 3.8) is 0 Å². The van der Waals surface area contributed by atoms with Crippen molar-refractivity contribution in [3.8, 4) is 0 Å². The number of carbonyl (C=O) groups is 1. The summed E-state index contributed by atoms with van der Waals surface area (Å²) < 4.78 is 0. The first-order valence-corrected chi connectivity index (χ1v) is 7.22. The Morgan fingerprint density at radius 2 is 1.90 bits per heavy atom. The van der Waals surface area contributed by atoms with E-state index in [1.807, 2.05) is 38.1 Å². The summed E-state index contributed by atoms with van der Waals surface area (Å²) in [4.78, 5) is 14.2. The monoisotopic (exact) mass is 277 g/mol. The molecule has 1 rings (SSSR count). The van der Waals surface area contributed by atoms with Gasteiger partial charge in [-0.25, -0.2) is 0 Å². The van der Waals surface area contributed by atoms with Crippen molar-refractivity contribution in [3.05, 3.63) is 29.8 Å². The number of rotatable bonds is 7. The summed E-state index contributed by atoms with van der Waals surface area (Å²) in [6, 6.07) is 7.68. The van der Waals surface area contributed by atoms with Gasteiger partial charge in [0.1, 0.15) is 0 Å². The molecule has 0 aliphatic heterocycles. The molecule has 1 amide bonds. The number of unbranched alkanes of at least 4 members (excludes halogenated alkanes) is 1. The summed E-state index contributed by atoms with van der Waals surface area (Å²) in [7, 11) is 2.07. The third-order valence-corrected chi connectivity index (χ3v) is 3.12. The van der Waals surface area contributed by atoms with Crippen LogP contribution in [0.2, 0.25) is 0 Å². The second-order valence-corrected chi connectivity index (χ2v) is 5.99. The maximum absolute atomic E-state index is 12.0. The number of benzene rings is 1. The highest BCUT2D eigenvalue weighted by atomic mass is 16.1. The zero-order valence-corrected chi connectivity index (χ0v) is 13.1. The highest BCUT2D eigenvalue weighted by molar-refractivity contribution is 5.94. The Bertz CT molecular complexity index is 420. The smallest absolute Gasteiger partial charge is 0.251 e. The molecular weight excluding hydrogens is 250 g/mol. The number of nitrogens with two attached hydrogens (primary N) is 1. The molecule has 1 aromatic rings. The van der Waals surface area contributed by atoms with E-state index in [0.29, 0.717) is 12.1 Å². The molecule has 0 aromatic heterocycles. The summed E-state index contributed by atoms with van der Waals surface area (Å²) in [5.41, 5.74) is 7.26. The van der Waals surface area contributed by atoms with E-state index in [0.717, 1.165) is 12.2 Å². The average molecular weight is 277 g/mol. The van der Waals surface area contributed by atoms with Crippen molar-refractivity contribution in [1.82, 2.24) is 5.32 Å². The van der Waals surface area contributed by atoms with E-state index in [4.69, 9.17) is 5.73 Å². The summed E-state index contributed by atoms with van der Waals surface area (Å²) in [6.45, 7) is 7.45. The van der Waals surface area contributed by atoms with Crippen LogP contribution in [0.25, 0.3) is 0 Å². The van der Waals surface area contributed by atoms with Gasteiger partial charge in [-0.05, 0) is 44.5 Å². The van der Waals surface area contributed by atoms with Gasteiger partial charge in [0.05, 0.1) is 0 Å². The third kappa shape index (κ3) is 5.61. The second kappa shape index (κ2) is 7.29. The third-order valence-electron chi connectivity index (χ3n) is 3.12. The maximum atomic E-state index is 12.0. The Hall–Kier alpha value is -1.55. The predicted octanol–water partition coefficient (Wildman–Crippen LogP) is 2.39. The van der Waals surface area contributed by atoms with Gasteiger partial charge in [-0.2, -0.15) is 0 Å². The number of nitrogens with zero attached hydrogens (tertiary/aromatic N) is 1. The number of nitrogens with one attached hydrogen (secondary N) is 1. The Kier molecular flexibility index (Phi) is 6.02. The molecule has 0 saturated carbocycles. The molecule has 0 aliphatic carbocycles. The van der Waals surface area contributed by atoms with Crippen molar-refractivity contribution < 1.29 is 4.79 Å². The molecule has 0 atom stereocenters. The zero-order valence-electron chi connectivity index (χ0n) is 13.1. The Morgan fingerprint density at radius 1 is 1.30 bits per heavy atom. The number of amides is 1. The van der Waals surface area contributed by atoms with E-state index in [2.05, 4.69) is 24.2 Å². The molecule has 4 heteroatoms. The van der Waals surface area contributed by atoms with E-state index >= 15 is 0 Å². The summed E-state index contributed by atoms with van der Waals surface area (Å²) >= 11 is 0. The average Bonchev–Trinajstić information content (AvgIpc) is 2.41. The van der Waals surface area contributed by atoms with Crippen LogP contribution in [0.1, 0.15) is 44.0 Å². The van der Waals surface area contributed by atoms with E-state index < -0.39 is 5.54 Å². The van der Waals surface area contributed by atoms with Gasteiger partial charge in [0.15, 0.2) is 0 Å². The molecule has 0 saturated heterocycles. The fourth-order valence-corrected chi connectivity index (χ4v) is 1.80. The number of hydrogen-bond acceptors (Lipinski definition) is 3. The van der Waals surface area contributed by atoms with Crippen LogP contribution in [-0.2, 0) is 0 Å². The lowest BCUT2D eigenvalue weighted by atomic mass is 10.1. The number of carbonyl (C=O) groups excluding carboxylic acids is 1. The zero-order chi connectivity index (χ0) is 15.2. The number of hydrogen-bond donors (Lipinski definition) is 2. The Morgan fingerprint density at radius 3 is 2.40 bits per heavy atom. The fraction of sp³-hybridized carbons (Fsp3) is 0.562. The van der Waals surface area contributed by atoms with Gasteiger partial charge in [-0.3, -0.25) is 4.79 Å².